The van der Waals surface area contributed by atoms with E-state index in [1.807, 2.05) is 0 Å². The normalized spacial score (nSPS) is 10.4. The first-order valence-corrected chi connectivity index (χ1v) is 5.45. The lowest BCUT2D eigenvalue weighted by atomic mass is 10.2. The second-order valence-corrected chi connectivity index (χ2v) is 4.28. The van der Waals surface area contributed by atoms with Crippen LogP contribution in [0.15, 0.2) is 12.7 Å². The highest BCUT2D eigenvalue weighted by atomic mass is 32.2. The number of carbonyl (C=O) groups is 1. The van der Waals surface area contributed by atoms with E-state index >= 15 is 0 Å². The molecule has 0 aromatic carbocycles. The van der Waals surface area contributed by atoms with Gasteiger partial charge in [-0.15, -0.1) is 6.58 Å². The highest BCUT2D eigenvalue weighted by Crippen LogP contribution is 2.05. The van der Waals surface area contributed by atoms with Crippen LogP contribution in [-0.2, 0) is 20.0 Å². The molecule has 0 amide bonds. The number of allylic oxidation sites excluding steroid dienone is 1. The van der Waals surface area contributed by atoms with Gasteiger partial charge >= 0.3 is 5.97 Å². The van der Waals surface area contributed by atoms with E-state index in [2.05, 4.69) is 10.8 Å². The SMILES string of the molecule is C=CCCC(=O)O.CC(C)(C)O[SH](=O)=O. The molecular formula is C9H18O5S. The molecule has 0 spiro atoms. The molecule has 0 aliphatic heterocycles. The average Bonchev–Trinajstić information content (AvgIpc) is 1.96. The van der Waals surface area contributed by atoms with Crippen LogP contribution in [-0.4, -0.2) is 25.1 Å². The molecule has 0 aliphatic rings. The number of hydrogen-bond acceptors (Lipinski definition) is 4. The maximum absolute atomic E-state index is 9.83. The molecule has 0 rings (SSSR count). The maximum atomic E-state index is 9.83. The van der Waals surface area contributed by atoms with E-state index in [4.69, 9.17) is 5.11 Å². The first-order chi connectivity index (χ1) is 6.69. The number of rotatable bonds is 4. The van der Waals surface area contributed by atoms with Crippen molar-refractivity contribution in [1.82, 2.24) is 0 Å². The monoisotopic (exact) mass is 238 g/mol. The minimum atomic E-state index is -2.69. The van der Waals surface area contributed by atoms with Gasteiger partial charge in [-0.25, -0.2) is 8.42 Å². The Bertz CT molecular complexity index is 254. The fourth-order valence-electron chi connectivity index (χ4n) is 0.449. The Balaban J connectivity index is 0. The van der Waals surface area contributed by atoms with E-state index in [1.165, 1.54) is 0 Å². The van der Waals surface area contributed by atoms with Crippen LogP contribution in [0.25, 0.3) is 0 Å². The topological polar surface area (TPSA) is 80.7 Å². The molecule has 15 heavy (non-hydrogen) atoms. The van der Waals surface area contributed by atoms with Gasteiger partial charge in [-0.1, -0.05) is 6.08 Å². The van der Waals surface area contributed by atoms with E-state index in [0.717, 1.165) is 0 Å². The molecule has 0 aromatic heterocycles. The van der Waals surface area contributed by atoms with E-state index in [1.54, 1.807) is 26.8 Å². The second kappa shape index (κ2) is 8.43. The predicted octanol–water partition coefficient (Wildman–Crippen LogP) is 1.37. The van der Waals surface area contributed by atoms with Crippen LogP contribution in [0.4, 0.5) is 0 Å². The molecule has 5 nitrogen and oxygen atoms in total. The van der Waals surface area contributed by atoms with Gasteiger partial charge in [0.1, 0.15) is 0 Å². The maximum Gasteiger partial charge on any atom is 0.303 e. The van der Waals surface area contributed by atoms with Crippen molar-refractivity contribution in [3.05, 3.63) is 12.7 Å². The van der Waals surface area contributed by atoms with Gasteiger partial charge in [-0.2, -0.15) is 0 Å². The number of aliphatic carboxylic acids is 1. The smallest absolute Gasteiger partial charge is 0.303 e. The third kappa shape index (κ3) is 24.6. The zero-order valence-corrected chi connectivity index (χ0v) is 10.1. The molecule has 0 saturated heterocycles. The minimum absolute atomic E-state index is 0.198. The van der Waals surface area contributed by atoms with Gasteiger partial charge in [-0.05, 0) is 27.2 Å². The standard InChI is InChI=1S/C5H8O2.C4H10O3S/c1-2-3-4-5(6)7;1-4(2,3)7-8(5)6/h2H,1,3-4H2,(H,6,7);8H,1-3H3. The van der Waals surface area contributed by atoms with Gasteiger partial charge < -0.3 is 5.11 Å². The first-order valence-electron chi connectivity index (χ1n) is 4.35. The lowest BCUT2D eigenvalue weighted by molar-refractivity contribution is -0.136. The summed E-state index contributed by atoms with van der Waals surface area (Å²) in [6.07, 6.45) is 2.35. The zero-order valence-electron chi connectivity index (χ0n) is 9.23. The molecule has 0 heterocycles. The Morgan fingerprint density at radius 2 is 1.93 bits per heavy atom. The molecule has 0 saturated carbocycles. The molecule has 0 unspecified atom stereocenters. The molecular weight excluding hydrogens is 220 g/mol. The molecule has 0 aliphatic carbocycles. The predicted molar refractivity (Wildman–Crippen MR) is 58.2 cm³/mol. The molecule has 0 aromatic rings. The number of thiol groups is 1. The van der Waals surface area contributed by atoms with Gasteiger partial charge in [-0.3, -0.25) is 8.98 Å². The third-order valence-electron chi connectivity index (χ3n) is 0.911. The number of carboxylic acid groups (broad SMARTS) is 1. The largest absolute Gasteiger partial charge is 0.481 e. The van der Waals surface area contributed by atoms with Crippen molar-refractivity contribution in [2.75, 3.05) is 0 Å². The molecule has 6 heteroatoms. The highest BCUT2D eigenvalue weighted by Gasteiger charge is 2.10. The molecule has 0 atom stereocenters. The minimum Gasteiger partial charge on any atom is -0.481 e. The first kappa shape index (κ1) is 16.5. The number of carboxylic acids is 1. The summed E-state index contributed by atoms with van der Waals surface area (Å²) in [5.41, 5.74) is -0.574. The summed E-state index contributed by atoms with van der Waals surface area (Å²) < 4.78 is 24.1. The van der Waals surface area contributed by atoms with Crippen molar-refractivity contribution in [3.63, 3.8) is 0 Å². The lowest BCUT2D eigenvalue weighted by Gasteiger charge is -2.12. The summed E-state index contributed by atoms with van der Waals surface area (Å²) in [7, 11) is -2.69. The summed E-state index contributed by atoms with van der Waals surface area (Å²) >= 11 is 0. The van der Waals surface area contributed by atoms with Gasteiger partial charge in [0.15, 0.2) is 0 Å². The molecule has 0 fully saturated rings. The summed E-state index contributed by atoms with van der Waals surface area (Å²) in [6.45, 7) is 8.41. The molecule has 0 radical (unpaired) electrons. The van der Waals surface area contributed by atoms with Gasteiger partial charge in [0.2, 0.25) is 0 Å². The Kier molecular flexibility index (Phi) is 9.30. The van der Waals surface area contributed by atoms with Crippen LogP contribution >= 0.6 is 0 Å². The quantitative estimate of drug-likeness (QED) is 0.571. The summed E-state index contributed by atoms with van der Waals surface area (Å²) in [4.78, 5) is 9.71. The number of hydrogen-bond donors (Lipinski definition) is 2. The van der Waals surface area contributed by atoms with Gasteiger partial charge in [0.25, 0.3) is 11.0 Å². The van der Waals surface area contributed by atoms with Crippen molar-refractivity contribution in [3.8, 4) is 0 Å². The molecule has 0 bridgehead atoms. The molecule has 1 N–H and O–H groups in total. The Morgan fingerprint density at radius 3 is 2.00 bits per heavy atom. The van der Waals surface area contributed by atoms with Crippen LogP contribution in [0, 0.1) is 0 Å². The Labute approximate surface area is 91.9 Å². The van der Waals surface area contributed by atoms with Crippen molar-refractivity contribution in [2.45, 2.75) is 39.2 Å². The van der Waals surface area contributed by atoms with Gasteiger partial charge in [0, 0.05) is 6.42 Å². The van der Waals surface area contributed by atoms with Crippen LogP contribution in [0.5, 0.6) is 0 Å². The third-order valence-corrected chi connectivity index (χ3v) is 1.61. The van der Waals surface area contributed by atoms with E-state index in [-0.39, 0.29) is 6.42 Å². The Morgan fingerprint density at radius 1 is 1.47 bits per heavy atom. The van der Waals surface area contributed by atoms with Crippen LogP contribution in [0.2, 0.25) is 0 Å². The van der Waals surface area contributed by atoms with Crippen LogP contribution in [0.3, 0.4) is 0 Å². The van der Waals surface area contributed by atoms with Crippen molar-refractivity contribution in [1.29, 1.82) is 0 Å². The fourth-order valence-corrected chi connectivity index (χ4v) is 0.896. The fraction of sp³-hybridized carbons (Fsp3) is 0.667. The summed E-state index contributed by atoms with van der Waals surface area (Å²) in [6, 6.07) is 0. The second-order valence-electron chi connectivity index (χ2n) is 3.65. The lowest BCUT2D eigenvalue weighted by Crippen LogP contribution is -2.17. The Hall–Kier alpha value is -0.880. The highest BCUT2D eigenvalue weighted by molar-refractivity contribution is 7.67. The van der Waals surface area contributed by atoms with E-state index < -0.39 is 22.6 Å². The zero-order chi connectivity index (χ0) is 12.5. The van der Waals surface area contributed by atoms with Crippen LogP contribution in [0.1, 0.15) is 33.6 Å². The summed E-state index contributed by atoms with van der Waals surface area (Å²) in [5.74, 6) is -0.764. The van der Waals surface area contributed by atoms with E-state index in [0.29, 0.717) is 6.42 Å². The van der Waals surface area contributed by atoms with Crippen molar-refractivity contribution < 1.29 is 22.5 Å². The molecule has 90 valence electrons. The van der Waals surface area contributed by atoms with Crippen molar-refractivity contribution >= 4 is 17.0 Å². The van der Waals surface area contributed by atoms with Crippen molar-refractivity contribution in [2.24, 2.45) is 0 Å². The van der Waals surface area contributed by atoms with E-state index in [9.17, 15) is 13.2 Å². The van der Waals surface area contributed by atoms with Crippen LogP contribution < -0.4 is 0 Å². The average molecular weight is 238 g/mol. The van der Waals surface area contributed by atoms with Gasteiger partial charge in [0.05, 0.1) is 5.60 Å². The summed E-state index contributed by atoms with van der Waals surface area (Å²) in [5, 5.41) is 8.00.